The molecule has 0 saturated carbocycles. The van der Waals surface area contributed by atoms with Crippen LogP contribution >= 0.6 is 0 Å². The minimum absolute atomic E-state index is 0.00646. The molecule has 0 unspecified atom stereocenters. The summed E-state index contributed by atoms with van der Waals surface area (Å²) in [5.41, 5.74) is 0. The highest BCUT2D eigenvalue weighted by Crippen LogP contribution is 2.21. The first-order chi connectivity index (χ1) is 5.95. The first-order valence-electron chi connectivity index (χ1n) is 4.25. The molecule has 0 bridgehead atoms. The van der Waals surface area contributed by atoms with Crippen LogP contribution in [0.2, 0.25) is 0 Å². The quantitative estimate of drug-likeness (QED) is 0.704. The Labute approximate surface area is 75.5 Å². The van der Waals surface area contributed by atoms with Crippen LogP contribution in [-0.4, -0.2) is 25.0 Å². The zero-order valence-corrected chi connectivity index (χ0v) is 7.58. The number of carbonyl (C=O) groups is 1. The number of halogens is 3. The summed E-state index contributed by atoms with van der Waals surface area (Å²) in [6.45, 7) is 2.67. The van der Waals surface area contributed by atoms with E-state index in [0.29, 0.717) is 6.54 Å². The van der Waals surface area contributed by atoms with Gasteiger partial charge in [0, 0.05) is 12.8 Å². The van der Waals surface area contributed by atoms with E-state index in [9.17, 15) is 18.0 Å². The van der Waals surface area contributed by atoms with Crippen LogP contribution in [0.25, 0.3) is 0 Å². The number of ketones is 1. The molecular weight excluding hydrogens is 183 g/mol. The Morgan fingerprint density at radius 2 is 2.00 bits per heavy atom. The maximum absolute atomic E-state index is 11.6. The Morgan fingerprint density at radius 1 is 1.38 bits per heavy atom. The third-order valence-corrected chi connectivity index (χ3v) is 1.49. The molecule has 78 valence electrons. The van der Waals surface area contributed by atoms with Gasteiger partial charge in [-0.2, -0.15) is 13.2 Å². The lowest BCUT2D eigenvalue weighted by Gasteiger charge is -2.05. The highest BCUT2D eigenvalue weighted by Gasteiger charge is 2.26. The summed E-state index contributed by atoms with van der Waals surface area (Å²) in [6.07, 6.45) is -5.11. The molecule has 2 nitrogen and oxygen atoms in total. The lowest BCUT2D eigenvalue weighted by atomic mass is 10.2. The lowest BCUT2D eigenvalue weighted by Crippen LogP contribution is -2.22. The Hall–Kier alpha value is -0.580. The average molecular weight is 197 g/mol. The van der Waals surface area contributed by atoms with Crippen molar-refractivity contribution >= 4 is 5.78 Å². The van der Waals surface area contributed by atoms with Gasteiger partial charge in [-0.05, 0) is 13.0 Å². The van der Waals surface area contributed by atoms with E-state index in [2.05, 4.69) is 5.32 Å². The SMILES string of the molecule is CCNCC(=O)CCCC(F)(F)F. The van der Waals surface area contributed by atoms with E-state index in [4.69, 9.17) is 0 Å². The largest absolute Gasteiger partial charge is 0.389 e. The summed E-state index contributed by atoms with van der Waals surface area (Å²) in [5, 5.41) is 2.76. The number of nitrogens with one attached hydrogen (secondary N) is 1. The molecule has 0 atom stereocenters. The molecule has 0 aliphatic rings. The van der Waals surface area contributed by atoms with Crippen LogP contribution in [0, 0.1) is 0 Å². The van der Waals surface area contributed by atoms with Crippen LogP contribution in [0.5, 0.6) is 0 Å². The molecule has 0 heterocycles. The molecule has 0 aromatic rings. The van der Waals surface area contributed by atoms with Crippen molar-refractivity contribution in [2.75, 3.05) is 13.1 Å². The number of likely N-dealkylation sites (N-methyl/N-ethyl adjacent to an activating group) is 1. The van der Waals surface area contributed by atoms with Crippen LogP contribution in [-0.2, 0) is 4.79 Å². The van der Waals surface area contributed by atoms with Gasteiger partial charge in [0.05, 0.1) is 6.54 Å². The maximum atomic E-state index is 11.6. The molecule has 0 spiro atoms. The summed E-state index contributed by atoms with van der Waals surface area (Å²) in [4.78, 5) is 10.9. The van der Waals surface area contributed by atoms with Crippen molar-refractivity contribution in [3.63, 3.8) is 0 Å². The van der Waals surface area contributed by atoms with Crippen molar-refractivity contribution in [3.8, 4) is 0 Å². The van der Waals surface area contributed by atoms with Gasteiger partial charge in [-0.1, -0.05) is 6.92 Å². The van der Waals surface area contributed by atoms with E-state index in [1.165, 1.54) is 0 Å². The molecule has 5 heteroatoms. The third-order valence-electron chi connectivity index (χ3n) is 1.49. The highest BCUT2D eigenvalue weighted by atomic mass is 19.4. The van der Waals surface area contributed by atoms with Crippen LogP contribution in [0.4, 0.5) is 13.2 Å². The second-order valence-electron chi connectivity index (χ2n) is 2.79. The molecule has 0 aliphatic carbocycles. The standard InChI is InChI=1S/C8H14F3NO/c1-2-12-6-7(13)4-3-5-8(9,10)11/h12H,2-6H2,1H3. The Balaban J connectivity index is 3.37. The van der Waals surface area contributed by atoms with Gasteiger partial charge in [0.2, 0.25) is 0 Å². The van der Waals surface area contributed by atoms with Crippen molar-refractivity contribution in [1.29, 1.82) is 0 Å². The maximum Gasteiger partial charge on any atom is 0.389 e. The zero-order valence-electron chi connectivity index (χ0n) is 7.58. The van der Waals surface area contributed by atoms with E-state index in [0.717, 1.165) is 0 Å². The molecule has 0 amide bonds. The van der Waals surface area contributed by atoms with E-state index >= 15 is 0 Å². The van der Waals surface area contributed by atoms with Crippen molar-refractivity contribution in [2.24, 2.45) is 0 Å². The van der Waals surface area contributed by atoms with Gasteiger partial charge in [-0.25, -0.2) is 0 Å². The molecule has 0 aromatic carbocycles. The highest BCUT2D eigenvalue weighted by molar-refractivity contribution is 5.80. The minimum atomic E-state index is -4.14. The van der Waals surface area contributed by atoms with E-state index in [1.54, 1.807) is 0 Å². The van der Waals surface area contributed by atoms with Crippen molar-refractivity contribution in [3.05, 3.63) is 0 Å². The van der Waals surface area contributed by atoms with E-state index in [1.807, 2.05) is 6.92 Å². The van der Waals surface area contributed by atoms with Gasteiger partial charge in [-0.15, -0.1) is 0 Å². The molecule has 13 heavy (non-hydrogen) atoms. The topological polar surface area (TPSA) is 29.1 Å². The third kappa shape index (κ3) is 9.33. The van der Waals surface area contributed by atoms with Crippen LogP contribution in [0.15, 0.2) is 0 Å². The molecule has 0 fully saturated rings. The number of Topliss-reactive ketones (excluding diaryl/α,β-unsaturated/α-hetero) is 1. The fourth-order valence-corrected chi connectivity index (χ4v) is 0.839. The van der Waals surface area contributed by atoms with Crippen molar-refractivity contribution in [2.45, 2.75) is 32.4 Å². The Bertz CT molecular complexity index is 156. The molecule has 0 aromatic heterocycles. The molecule has 0 radical (unpaired) electrons. The number of hydrogen-bond acceptors (Lipinski definition) is 2. The summed E-state index contributed by atoms with van der Waals surface area (Å²) < 4.78 is 34.9. The fourth-order valence-electron chi connectivity index (χ4n) is 0.839. The Morgan fingerprint density at radius 3 is 2.46 bits per heavy atom. The second-order valence-corrected chi connectivity index (χ2v) is 2.79. The number of alkyl halides is 3. The molecular formula is C8H14F3NO. The summed E-state index contributed by atoms with van der Waals surface area (Å²) in [6, 6.07) is 0. The number of carbonyl (C=O) groups excluding carboxylic acids is 1. The van der Waals surface area contributed by atoms with Gasteiger partial charge in [0.1, 0.15) is 5.78 Å². The number of hydrogen-bond donors (Lipinski definition) is 1. The summed E-state index contributed by atoms with van der Waals surface area (Å²) in [5.74, 6) is -0.161. The van der Waals surface area contributed by atoms with Crippen LogP contribution in [0.1, 0.15) is 26.2 Å². The monoisotopic (exact) mass is 197 g/mol. The van der Waals surface area contributed by atoms with Crippen molar-refractivity contribution < 1.29 is 18.0 Å². The van der Waals surface area contributed by atoms with Gasteiger partial charge >= 0.3 is 6.18 Å². The average Bonchev–Trinajstić information content (AvgIpc) is 1.98. The molecule has 0 rings (SSSR count). The van der Waals surface area contributed by atoms with E-state index < -0.39 is 12.6 Å². The first kappa shape index (κ1) is 12.4. The second kappa shape index (κ2) is 5.96. The predicted octanol–water partition coefficient (Wildman–Crippen LogP) is 1.90. The number of rotatable bonds is 6. The van der Waals surface area contributed by atoms with Crippen LogP contribution < -0.4 is 5.32 Å². The molecule has 0 aliphatic heterocycles. The van der Waals surface area contributed by atoms with E-state index in [-0.39, 0.29) is 25.2 Å². The van der Waals surface area contributed by atoms with Gasteiger partial charge in [0.25, 0.3) is 0 Å². The summed E-state index contributed by atoms with van der Waals surface area (Å²) in [7, 11) is 0. The molecule has 1 N–H and O–H groups in total. The minimum Gasteiger partial charge on any atom is -0.310 e. The van der Waals surface area contributed by atoms with Crippen LogP contribution in [0.3, 0.4) is 0 Å². The smallest absolute Gasteiger partial charge is 0.310 e. The zero-order chi connectivity index (χ0) is 10.3. The van der Waals surface area contributed by atoms with Crippen molar-refractivity contribution in [1.82, 2.24) is 5.32 Å². The van der Waals surface area contributed by atoms with Gasteiger partial charge in [0.15, 0.2) is 0 Å². The summed E-state index contributed by atoms with van der Waals surface area (Å²) >= 11 is 0. The lowest BCUT2D eigenvalue weighted by molar-refractivity contribution is -0.137. The molecule has 0 saturated heterocycles. The first-order valence-corrected chi connectivity index (χ1v) is 4.25. The normalized spacial score (nSPS) is 11.7. The Kier molecular flexibility index (Phi) is 5.70. The predicted molar refractivity (Wildman–Crippen MR) is 43.5 cm³/mol. The fraction of sp³-hybridized carbons (Fsp3) is 0.875. The van der Waals surface area contributed by atoms with Gasteiger partial charge in [-0.3, -0.25) is 4.79 Å². The van der Waals surface area contributed by atoms with Gasteiger partial charge < -0.3 is 5.32 Å².